The topological polar surface area (TPSA) is 35.5 Å². The maximum atomic E-state index is 11.3. The Bertz CT molecular complexity index is 390. The average molecular weight is 280 g/mol. The molecule has 3 nitrogen and oxygen atoms in total. The molecule has 0 fully saturated rings. The monoisotopic (exact) mass is 280 g/mol. The third kappa shape index (κ3) is 5.57. The summed E-state index contributed by atoms with van der Waals surface area (Å²) in [5.74, 6) is -0.142. The Morgan fingerprint density at radius 3 is 2.47 bits per heavy atom. The molecule has 0 radical (unpaired) electrons. The number of hydrogen-bond acceptors (Lipinski definition) is 3. The zero-order valence-electron chi connectivity index (χ0n) is 12.3. The molecule has 1 atom stereocenters. The van der Waals surface area contributed by atoms with Gasteiger partial charge >= 0.3 is 5.97 Å². The van der Waals surface area contributed by atoms with Crippen LogP contribution in [0.5, 0.6) is 0 Å². The number of carbonyl (C=O) groups excluding carboxylic acids is 1. The van der Waals surface area contributed by atoms with Gasteiger partial charge in [0, 0.05) is 12.5 Å². The van der Waals surface area contributed by atoms with E-state index in [1.54, 1.807) is 0 Å². The van der Waals surface area contributed by atoms with Crippen molar-refractivity contribution in [1.29, 1.82) is 0 Å². The largest absolute Gasteiger partial charge is 0.466 e. The molecular formula is C15H24O3Si. The number of rotatable bonds is 7. The second-order valence-corrected chi connectivity index (χ2v) is 8.98. The summed E-state index contributed by atoms with van der Waals surface area (Å²) in [6.45, 7) is 8.66. The fourth-order valence-electron chi connectivity index (χ4n) is 2.02. The molecule has 19 heavy (non-hydrogen) atoms. The van der Waals surface area contributed by atoms with Gasteiger partial charge in [0.2, 0.25) is 8.32 Å². The Hall–Kier alpha value is -1.13. The van der Waals surface area contributed by atoms with Crippen molar-refractivity contribution in [2.75, 3.05) is 6.61 Å². The van der Waals surface area contributed by atoms with Crippen molar-refractivity contribution in [2.24, 2.45) is 0 Å². The smallest absolute Gasteiger partial charge is 0.305 e. The average Bonchev–Trinajstić information content (AvgIpc) is 2.37. The van der Waals surface area contributed by atoms with Crippen LogP contribution in [0.3, 0.4) is 0 Å². The van der Waals surface area contributed by atoms with Gasteiger partial charge in [-0.1, -0.05) is 30.3 Å². The maximum absolute atomic E-state index is 11.3. The standard InChI is InChI=1S/C15H24O3Si/c1-5-17-15(16)12-11-13(2)18-19(3,4)14-9-7-6-8-10-14/h6-10,13H,5,11-12H2,1-4H3. The van der Waals surface area contributed by atoms with Crippen LogP contribution in [0, 0.1) is 0 Å². The summed E-state index contributed by atoms with van der Waals surface area (Å²) in [5.41, 5.74) is 0. The lowest BCUT2D eigenvalue weighted by molar-refractivity contribution is -0.143. The maximum Gasteiger partial charge on any atom is 0.305 e. The van der Waals surface area contributed by atoms with E-state index in [9.17, 15) is 4.79 Å². The molecule has 1 aromatic carbocycles. The molecule has 0 saturated carbocycles. The predicted molar refractivity (Wildman–Crippen MR) is 80.0 cm³/mol. The highest BCUT2D eigenvalue weighted by atomic mass is 28.4. The van der Waals surface area contributed by atoms with Gasteiger partial charge in [-0.25, -0.2) is 0 Å². The molecule has 1 rings (SSSR count). The molecule has 0 bridgehead atoms. The van der Waals surface area contributed by atoms with Crippen LogP contribution < -0.4 is 5.19 Å². The van der Waals surface area contributed by atoms with Gasteiger partial charge in [0.25, 0.3) is 0 Å². The van der Waals surface area contributed by atoms with E-state index in [1.807, 2.05) is 32.0 Å². The molecule has 4 heteroatoms. The van der Waals surface area contributed by atoms with Crippen LogP contribution in [0.1, 0.15) is 26.7 Å². The van der Waals surface area contributed by atoms with Crippen molar-refractivity contribution < 1.29 is 14.0 Å². The van der Waals surface area contributed by atoms with E-state index in [4.69, 9.17) is 9.16 Å². The SMILES string of the molecule is CCOC(=O)CCC(C)O[Si](C)(C)c1ccccc1. The minimum Gasteiger partial charge on any atom is -0.466 e. The highest BCUT2D eigenvalue weighted by Crippen LogP contribution is 2.12. The first kappa shape index (κ1) is 15.9. The predicted octanol–water partition coefficient (Wildman–Crippen LogP) is 2.85. The van der Waals surface area contributed by atoms with Gasteiger partial charge in [0.1, 0.15) is 0 Å². The molecular weight excluding hydrogens is 256 g/mol. The van der Waals surface area contributed by atoms with Crippen molar-refractivity contribution >= 4 is 19.5 Å². The quantitative estimate of drug-likeness (QED) is 0.569. The minimum atomic E-state index is -1.89. The summed E-state index contributed by atoms with van der Waals surface area (Å²) in [5, 5.41) is 1.28. The van der Waals surface area contributed by atoms with Crippen LogP contribution in [0.4, 0.5) is 0 Å². The number of carbonyl (C=O) groups is 1. The van der Waals surface area contributed by atoms with Crippen molar-refractivity contribution in [1.82, 2.24) is 0 Å². The first-order valence-corrected chi connectivity index (χ1v) is 9.75. The molecule has 0 N–H and O–H groups in total. The number of hydrogen-bond donors (Lipinski definition) is 0. The fourth-order valence-corrected chi connectivity index (χ4v) is 4.28. The molecule has 1 unspecified atom stereocenters. The lowest BCUT2D eigenvalue weighted by atomic mass is 10.2. The lowest BCUT2D eigenvalue weighted by Gasteiger charge is -2.27. The summed E-state index contributed by atoms with van der Waals surface area (Å²) < 4.78 is 11.1. The van der Waals surface area contributed by atoms with E-state index in [-0.39, 0.29) is 12.1 Å². The van der Waals surface area contributed by atoms with Gasteiger partial charge in [0.15, 0.2) is 0 Å². The van der Waals surface area contributed by atoms with Gasteiger partial charge < -0.3 is 9.16 Å². The van der Waals surface area contributed by atoms with Crippen molar-refractivity contribution in [2.45, 2.75) is 45.9 Å². The van der Waals surface area contributed by atoms with Crippen LogP contribution >= 0.6 is 0 Å². The van der Waals surface area contributed by atoms with Crippen molar-refractivity contribution in [3.8, 4) is 0 Å². The van der Waals surface area contributed by atoms with Crippen LogP contribution in [-0.2, 0) is 14.0 Å². The molecule has 0 aliphatic rings. The first-order chi connectivity index (χ1) is 8.95. The fraction of sp³-hybridized carbons (Fsp3) is 0.533. The second-order valence-electron chi connectivity index (χ2n) is 5.15. The number of esters is 1. The molecule has 0 aromatic heterocycles. The second kappa shape index (κ2) is 7.45. The molecule has 106 valence electrons. The number of benzene rings is 1. The van der Waals surface area contributed by atoms with E-state index in [1.165, 1.54) is 5.19 Å². The minimum absolute atomic E-state index is 0.0753. The summed E-state index contributed by atoms with van der Waals surface area (Å²) in [6.07, 6.45) is 1.21. The number of ether oxygens (including phenoxy) is 1. The Labute approximate surface area is 117 Å². The van der Waals surface area contributed by atoms with Crippen LogP contribution in [0.25, 0.3) is 0 Å². The molecule has 0 saturated heterocycles. The van der Waals surface area contributed by atoms with Gasteiger partial charge in [0.05, 0.1) is 6.61 Å². The van der Waals surface area contributed by atoms with E-state index >= 15 is 0 Å². The van der Waals surface area contributed by atoms with Gasteiger partial charge in [-0.15, -0.1) is 0 Å². The van der Waals surface area contributed by atoms with Gasteiger partial charge in [-0.2, -0.15) is 0 Å². The molecule has 0 aliphatic carbocycles. The van der Waals surface area contributed by atoms with E-state index in [2.05, 4.69) is 25.2 Å². The first-order valence-electron chi connectivity index (χ1n) is 6.84. The molecule has 0 aliphatic heterocycles. The van der Waals surface area contributed by atoms with Crippen LogP contribution in [-0.4, -0.2) is 27.0 Å². The zero-order valence-corrected chi connectivity index (χ0v) is 13.3. The Balaban J connectivity index is 2.47. The molecule has 0 amide bonds. The van der Waals surface area contributed by atoms with E-state index in [0.29, 0.717) is 19.4 Å². The van der Waals surface area contributed by atoms with E-state index in [0.717, 1.165) is 0 Å². The summed E-state index contributed by atoms with van der Waals surface area (Å²) in [7, 11) is -1.89. The van der Waals surface area contributed by atoms with Crippen molar-refractivity contribution in [3.05, 3.63) is 30.3 Å². The highest BCUT2D eigenvalue weighted by Gasteiger charge is 2.27. The molecule has 0 spiro atoms. The Morgan fingerprint density at radius 2 is 1.89 bits per heavy atom. The highest BCUT2D eigenvalue weighted by molar-refractivity contribution is 6.84. The molecule has 0 heterocycles. The van der Waals surface area contributed by atoms with Gasteiger partial charge in [-0.3, -0.25) is 4.79 Å². The van der Waals surface area contributed by atoms with Crippen LogP contribution in [0.2, 0.25) is 13.1 Å². The van der Waals surface area contributed by atoms with Crippen molar-refractivity contribution in [3.63, 3.8) is 0 Å². The van der Waals surface area contributed by atoms with E-state index < -0.39 is 8.32 Å². The third-order valence-corrected chi connectivity index (χ3v) is 5.74. The normalized spacial score (nSPS) is 13.1. The molecule has 1 aromatic rings. The van der Waals surface area contributed by atoms with Gasteiger partial charge in [-0.05, 0) is 38.5 Å². The summed E-state index contributed by atoms with van der Waals surface area (Å²) >= 11 is 0. The third-order valence-electron chi connectivity index (χ3n) is 3.03. The van der Waals surface area contributed by atoms with Crippen LogP contribution in [0.15, 0.2) is 30.3 Å². The summed E-state index contributed by atoms with van der Waals surface area (Å²) in [6, 6.07) is 10.3. The Morgan fingerprint density at radius 1 is 1.26 bits per heavy atom. The zero-order chi connectivity index (χ0) is 14.3. The Kier molecular flexibility index (Phi) is 6.25. The lowest BCUT2D eigenvalue weighted by Crippen LogP contribution is -2.46. The summed E-state index contributed by atoms with van der Waals surface area (Å²) in [4.78, 5) is 11.3.